The van der Waals surface area contributed by atoms with Crippen LogP contribution in [0.5, 0.6) is 11.5 Å². The van der Waals surface area contributed by atoms with Crippen LogP contribution in [-0.2, 0) is 21.1 Å². The van der Waals surface area contributed by atoms with Gasteiger partial charge in [0.1, 0.15) is 11.5 Å². The Labute approximate surface area is 196 Å². The molecule has 2 aromatic carbocycles. The Hall–Kier alpha value is -2.58. The molecule has 0 N–H and O–H groups in total. The number of hydrogen-bond acceptors (Lipinski definition) is 6. The summed E-state index contributed by atoms with van der Waals surface area (Å²) >= 11 is 0. The predicted molar refractivity (Wildman–Crippen MR) is 129 cm³/mol. The van der Waals surface area contributed by atoms with Gasteiger partial charge < -0.3 is 14.4 Å². The van der Waals surface area contributed by atoms with Crippen molar-refractivity contribution >= 4 is 21.4 Å². The number of carbonyl (C=O) groups excluding carboxylic acids is 1. The summed E-state index contributed by atoms with van der Waals surface area (Å²) in [6.45, 7) is 4.99. The quantitative estimate of drug-likeness (QED) is 0.617. The Morgan fingerprint density at radius 1 is 1.00 bits per heavy atom. The van der Waals surface area contributed by atoms with Crippen molar-refractivity contribution in [2.75, 3.05) is 43.7 Å². The monoisotopic (exact) mass is 472 g/mol. The highest BCUT2D eigenvalue weighted by molar-refractivity contribution is 7.91. The molecule has 7 nitrogen and oxygen atoms in total. The molecule has 2 aliphatic heterocycles. The average molecular weight is 473 g/mol. The van der Waals surface area contributed by atoms with Crippen LogP contribution < -0.4 is 14.4 Å². The minimum atomic E-state index is -3.23. The smallest absolute Gasteiger partial charge is 0.241 e. The number of fused-ring (bicyclic) bond motifs is 1. The third-order valence-corrected chi connectivity index (χ3v) is 8.39. The highest BCUT2D eigenvalue weighted by Gasteiger charge is 2.49. The fourth-order valence-corrected chi connectivity index (χ4v) is 6.88. The molecule has 2 fully saturated rings. The molecule has 2 heterocycles. The Bertz CT molecular complexity index is 1110. The summed E-state index contributed by atoms with van der Waals surface area (Å²) in [6, 6.07) is 12.9. The number of sulfone groups is 1. The maximum Gasteiger partial charge on any atom is 0.241 e. The second-order valence-electron chi connectivity index (χ2n) is 9.12. The summed E-state index contributed by atoms with van der Waals surface area (Å²) in [7, 11) is 0.00460. The van der Waals surface area contributed by atoms with Gasteiger partial charge in [0, 0.05) is 18.3 Å². The number of benzene rings is 2. The average Bonchev–Trinajstić information content (AvgIpc) is 3.12. The van der Waals surface area contributed by atoms with Gasteiger partial charge in [0.25, 0.3) is 0 Å². The largest absolute Gasteiger partial charge is 0.497 e. The van der Waals surface area contributed by atoms with E-state index in [1.807, 2.05) is 47.4 Å². The van der Waals surface area contributed by atoms with Gasteiger partial charge >= 0.3 is 0 Å². The van der Waals surface area contributed by atoms with Crippen molar-refractivity contribution in [3.63, 3.8) is 0 Å². The molecule has 4 rings (SSSR count). The molecule has 1 amide bonds. The molecule has 0 saturated carbocycles. The molecule has 8 heteroatoms. The van der Waals surface area contributed by atoms with Crippen molar-refractivity contribution in [3.05, 3.63) is 53.6 Å². The fraction of sp³-hybridized carbons (Fsp3) is 0.480. The number of amides is 1. The number of methoxy groups -OCH3 is 2. The summed E-state index contributed by atoms with van der Waals surface area (Å²) in [5.41, 5.74) is 2.92. The van der Waals surface area contributed by atoms with Crippen LogP contribution in [0, 0.1) is 0 Å². The third kappa shape index (κ3) is 4.87. The number of carbonyl (C=O) groups is 1. The zero-order valence-electron chi connectivity index (χ0n) is 19.7. The molecule has 0 radical (unpaired) electrons. The number of hydrogen-bond donors (Lipinski definition) is 0. The zero-order chi connectivity index (χ0) is 23.8. The van der Waals surface area contributed by atoms with Crippen LogP contribution in [-0.4, -0.2) is 70.1 Å². The van der Waals surface area contributed by atoms with Gasteiger partial charge in [-0.05, 0) is 53.8 Å². The molecular weight excluding hydrogens is 440 g/mol. The highest BCUT2D eigenvalue weighted by Crippen LogP contribution is 2.33. The normalized spacial score (nSPS) is 22.5. The van der Waals surface area contributed by atoms with Crippen LogP contribution in [0.2, 0.25) is 0 Å². The minimum absolute atomic E-state index is 0.00564. The molecule has 2 saturated heterocycles. The lowest BCUT2D eigenvalue weighted by atomic mass is 9.99. The van der Waals surface area contributed by atoms with E-state index in [4.69, 9.17) is 9.47 Å². The van der Waals surface area contributed by atoms with E-state index in [2.05, 4.69) is 13.8 Å². The van der Waals surface area contributed by atoms with Gasteiger partial charge in [-0.25, -0.2) is 8.42 Å². The lowest BCUT2D eigenvalue weighted by Crippen LogP contribution is -2.62. The standard InChI is InChI=1S/C25H32N2O5S/c1-17(2)18-5-7-20(8-6-18)27-23-16-33(29,30)15-22(23)26(14-25(27)28)12-11-19-13-21(31-3)9-10-24(19)32-4/h5-10,13,17,22-23H,11-12,14-16H2,1-4H3/t22-,23+/m0/s1. The number of nitrogens with zero attached hydrogens (tertiary/aromatic N) is 2. The molecule has 0 unspecified atom stereocenters. The molecule has 33 heavy (non-hydrogen) atoms. The summed E-state index contributed by atoms with van der Waals surface area (Å²) < 4.78 is 36.1. The Balaban J connectivity index is 1.57. The number of anilines is 1. The van der Waals surface area contributed by atoms with Gasteiger partial charge in [-0.2, -0.15) is 0 Å². The van der Waals surface area contributed by atoms with E-state index in [9.17, 15) is 13.2 Å². The molecule has 2 atom stereocenters. The molecule has 0 spiro atoms. The molecule has 178 valence electrons. The highest BCUT2D eigenvalue weighted by atomic mass is 32.2. The summed E-state index contributed by atoms with van der Waals surface area (Å²) in [4.78, 5) is 17.0. The summed E-state index contributed by atoms with van der Waals surface area (Å²) in [5, 5.41) is 0. The van der Waals surface area contributed by atoms with Crippen LogP contribution >= 0.6 is 0 Å². The fourth-order valence-electron chi connectivity index (χ4n) is 4.90. The lowest BCUT2D eigenvalue weighted by molar-refractivity contribution is -0.123. The predicted octanol–water partition coefficient (Wildman–Crippen LogP) is 2.88. The topological polar surface area (TPSA) is 76.2 Å². The van der Waals surface area contributed by atoms with E-state index in [1.165, 1.54) is 5.56 Å². The number of rotatable bonds is 7. The zero-order valence-corrected chi connectivity index (χ0v) is 20.5. The van der Waals surface area contributed by atoms with Gasteiger partial charge in [-0.3, -0.25) is 9.69 Å². The Morgan fingerprint density at radius 3 is 2.33 bits per heavy atom. The van der Waals surface area contributed by atoms with Crippen molar-refractivity contribution in [3.8, 4) is 11.5 Å². The molecule has 2 aromatic rings. The first kappa shape index (κ1) is 23.6. The first-order valence-electron chi connectivity index (χ1n) is 11.3. The van der Waals surface area contributed by atoms with Crippen LogP contribution in [0.25, 0.3) is 0 Å². The molecule has 0 aliphatic carbocycles. The van der Waals surface area contributed by atoms with Crippen LogP contribution in [0.3, 0.4) is 0 Å². The second-order valence-corrected chi connectivity index (χ2v) is 11.3. The van der Waals surface area contributed by atoms with Crippen molar-refractivity contribution < 1.29 is 22.7 Å². The van der Waals surface area contributed by atoms with Gasteiger partial charge in [-0.15, -0.1) is 0 Å². The Morgan fingerprint density at radius 2 is 1.70 bits per heavy atom. The summed E-state index contributed by atoms with van der Waals surface area (Å²) in [6.07, 6.45) is 0.625. The molecule has 0 aromatic heterocycles. The molecular formula is C25H32N2O5S. The van der Waals surface area contributed by atoms with E-state index in [0.29, 0.717) is 18.9 Å². The van der Waals surface area contributed by atoms with Crippen molar-refractivity contribution in [1.29, 1.82) is 0 Å². The van der Waals surface area contributed by atoms with Gasteiger partial charge in [0.2, 0.25) is 5.91 Å². The van der Waals surface area contributed by atoms with E-state index in [1.54, 1.807) is 19.1 Å². The van der Waals surface area contributed by atoms with Gasteiger partial charge in [0.15, 0.2) is 9.84 Å². The first-order valence-corrected chi connectivity index (χ1v) is 13.1. The number of ether oxygens (including phenoxy) is 2. The first-order chi connectivity index (χ1) is 15.7. The van der Waals surface area contributed by atoms with E-state index in [0.717, 1.165) is 22.7 Å². The molecule has 0 bridgehead atoms. The maximum absolute atomic E-state index is 13.3. The second kappa shape index (κ2) is 9.35. The van der Waals surface area contributed by atoms with Gasteiger partial charge in [-0.1, -0.05) is 26.0 Å². The SMILES string of the molecule is COc1ccc(OC)c(CCN2CC(=O)N(c3ccc(C(C)C)cc3)[C@@H]3CS(=O)(=O)C[C@@H]32)c1. The maximum atomic E-state index is 13.3. The lowest BCUT2D eigenvalue weighted by Gasteiger charge is -2.43. The van der Waals surface area contributed by atoms with Crippen LogP contribution in [0.1, 0.15) is 30.9 Å². The van der Waals surface area contributed by atoms with E-state index < -0.39 is 9.84 Å². The summed E-state index contributed by atoms with van der Waals surface area (Å²) in [5.74, 6) is 1.87. The Kier molecular flexibility index (Phi) is 6.68. The van der Waals surface area contributed by atoms with Crippen molar-refractivity contribution in [2.24, 2.45) is 0 Å². The van der Waals surface area contributed by atoms with Crippen LogP contribution in [0.15, 0.2) is 42.5 Å². The van der Waals surface area contributed by atoms with Gasteiger partial charge in [0.05, 0.1) is 38.3 Å². The molecule has 2 aliphatic rings. The van der Waals surface area contributed by atoms with Crippen molar-refractivity contribution in [2.45, 2.75) is 38.3 Å². The van der Waals surface area contributed by atoms with E-state index in [-0.39, 0.29) is 36.0 Å². The van der Waals surface area contributed by atoms with Crippen LogP contribution in [0.4, 0.5) is 5.69 Å². The van der Waals surface area contributed by atoms with E-state index >= 15 is 0 Å². The minimum Gasteiger partial charge on any atom is -0.497 e. The third-order valence-electron chi connectivity index (χ3n) is 6.70. The van der Waals surface area contributed by atoms with Crippen molar-refractivity contribution in [1.82, 2.24) is 4.90 Å². The number of piperazine rings is 1.